The number of nitrogens with zero attached hydrogens (tertiary/aromatic N) is 1. The quantitative estimate of drug-likeness (QED) is 0.564. The first kappa shape index (κ1) is 9.01. The van der Waals surface area contributed by atoms with Crippen molar-refractivity contribution >= 4 is 0 Å². The minimum Gasteiger partial charge on any atom is -0.328 e. The molecule has 2 nitrogen and oxygen atoms in total. The molecule has 0 radical (unpaired) electrons. The molecular formula is C9H21N2+. The van der Waals surface area contributed by atoms with Gasteiger partial charge in [-0.05, 0) is 19.3 Å². The lowest BCUT2D eigenvalue weighted by Crippen LogP contribution is -2.49. The summed E-state index contributed by atoms with van der Waals surface area (Å²) >= 11 is 0. The van der Waals surface area contributed by atoms with E-state index in [0.717, 1.165) is 10.5 Å². The molecule has 0 aromatic heterocycles. The molecule has 2 atom stereocenters. The van der Waals surface area contributed by atoms with E-state index in [1.807, 2.05) is 0 Å². The van der Waals surface area contributed by atoms with E-state index in [-0.39, 0.29) is 0 Å². The summed E-state index contributed by atoms with van der Waals surface area (Å²) in [7, 11) is 6.80. The van der Waals surface area contributed by atoms with E-state index in [4.69, 9.17) is 5.73 Å². The molecule has 11 heavy (non-hydrogen) atoms. The maximum atomic E-state index is 5.91. The Balaban J connectivity index is 2.46. The van der Waals surface area contributed by atoms with Crippen LogP contribution in [0.4, 0.5) is 0 Å². The number of hydrogen-bond donors (Lipinski definition) is 1. The molecule has 1 saturated carbocycles. The molecule has 2 N–H and O–H groups in total. The van der Waals surface area contributed by atoms with Crippen LogP contribution in [0.25, 0.3) is 0 Å². The van der Waals surface area contributed by atoms with Gasteiger partial charge in [-0.3, -0.25) is 0 Å². The highest BCUT2D eigenvalue weighted by Crippen LogP contribution is 2.23. The molecule has 0 bridgehead atoms. The Morgan fingerprint density at radius 1 is 1.18 bits per heavy atom. The van der Waals surface area contributed by atoms with Crippen molar-refractivity contribution in [2.45, 2.75) is 37.8 Å². The van der Waals surface area contributed by atoms with Gasteiger partial charge in [0.25, 0.3) is 0 Å². The SMILES string of the molecule is C[N+](C)(C)C1CCCC(N)C1. The monoisotopic (exact) mass is 157 g/mol. The van der Waals surface area contributed by atoms with Gasteiger partial charge in [0.05, 0.1) is 27.2 Å². The second-order valence-corrected chi connectivity index (χ2v) is 4.70. The molecule has 0 amide bonds. The van der Waals surface area contributed by atoms with Crippen LogP contribution in [-0.2, 0) is 0 Å². The fourth-order valence-corrected chi connectivity index (χ4v) is 1.90. The highest BCUT2D eigenvalue weighted by Gasteiger charge is 2.28. The van der Waals surface area contributed by atoms with Crippen LogP contribution in [0.15, 0.2) is 0 Å². The highest BCUT2D eigenvalue weighted by molar-refractivity contribution is 4.75. The predicted octanol–water partition coefficient (Wildman–Crippen LogP) is 0.963. The fourth-order valence-electron chi connectivity index (χ4n) is 1.90. The van der Waals surface area contributed by atoms with Gasteiger partial charge in [-0.2, -0.15) is 0 Å². The molecule has 0 saturated heterocycles. The molecule has 1 fully saturated rings. The van der Waals surface area contributed by atoms with E-state index < -0.39 is 0 Å². The summed E-state index contributed by atoms with van der Waals surface area (Å²) < 4.78 is 1.08. The zero-order chi connectivity index (χ0) is 8.48. The van der Waals surface area contributed by atoms with Crippen LogP contribution in [0, 0.1) is 0 Å². The molecule has 0 aliphatic heterocycles. The smallest absolute Gasteiger partial charge is 0.0899 e. The van der Waals surface area contributed by atoms with Crippen LogP contribution in [-0.4, -0.2) is 37.7 Å². The second-order valence-electron chi connectivity index (χ2n) is 4.70. The number of nitrogens with two attached hydrogens (primary N) is 1. The van der Waals surface area contributed by atoms with E-state index >= 15 is 0 Å². The van der Waals surface area contributed by atoms with Crippen molar-refractivity contribution in [2.75, 3.05) is 21.1 Å². The summed E-state index contributed by atoms with van der Waals surface area (Å²) in [6.45, 7) is 0. The summed E-state index contributed by atoms with van der Waals surface area (Å²) in [5.74, 6) is 0. The van der Waals surface area contributed by atoms with Crippen molar-refractivity contribution in [1.82, 2.24) is 0 Å². The highest BCUT2D eigenvalue weighted by atomic mass is 15.3. The van der Waals surface area contributed by atoms with Gasteiger partial charge in [0.1, 0.15) is 0 Å². The maximum Gasteiger partial charge on any atom is 0.0899 e. The lowest BCUT2D eigenvalue weighted by atomic mass is 9.90. The Labute approximate surface area is 70.0 Å². The van der Waals surface area contributed by atoms with Gasteiger partial charge in [-0.25, -0.2) is 0 Å². The molecule has 1 aliphatic carbocycles. The topological polar surface area (TPSA) is 26.0 Å². The summed E-state index contributed by atoms with van der Waals surface area (Å²) in [5, 5.41) is 0. The lowest BCUT2D eigenvalue weighted by Gasteiger charge is -2.38. The van der Waals surface area contributed by atoms with Crippen LogP contribution in [0.2, 0.25) is 0 Å². The van der Waals surface area contributed by atoms with Crippen LogP contribution >= 0.6 is 0 Å². The summed E-state index contributed by atoms with van der Waals surface area (Å²) in [6.07, 6.45) is 5.12. The van der Waals surface area contributed by atoms with E-state index in [1.165, 1.54) is 25.7 Å². The first-order chi connectivity index (χ1) is 5.00. The Bertz CT molecular complexity index is 126. The third-order valence-electron chi connectivity index (χ3n) is 2.78. The maximum absolute atomic E-state index is 5.91. The molecule has 0 spiro atoms. The van der Waals surface area contributed by atoms with Crippen molar-refractivity contribution in [3.63, 3.8) is 0 Å². The summed E-state index contributed by atoms with van der Waals surface area (Å²) in [5.41, 5.74) is 5.91. The third kappa shape index (κ3) is 2.46. The minimum absolute atomic E-state index is 0.464. The van der Waals surface area contributed by atoms with Gasteiger partial charge >= 0.3 is 0 Å². The van der Waals surface area contributed by atoms with Crippen LogP contribution in [0.3, 0.4) is 0 Å². The lowest BCUT2D eigenvalue weighted by molar-refractivity contribution is -0.897. The number of quaternary nitrogens is 1. The first-order valence-electron chi connectivity index (χ1n) is 4.57. The molecule has 2 heteroatoms. The zero-order valence-corrected chi connectivity index (χ0v) is 8.01. The van der Waals surface area contributed by atoms with E-state index in [9.17, 15) is 0 Å². The summed E-state index contributed by atoms with van der Waals surface area (Å²) in [4.78, 5) is 0. The van der Waals surface area contributed by atoms with E-state index in [2.05, 4.69) is 21.1 Å². The van der Waals surface area contributed by atoms with Crippen molar-refractivity contribution in [3.05, 3.63) is 0 Å². The van der Waals surface area contributed by atoms with E-state index in [0.29, 0.717) is 6.04 Å². The first-order valence-corrected chi connectivity index (χ1v) is 4.57. The van der Waals surface area contributed by atoms with Gasteiger partial charge in [0.15, 0.2) is 0 Å². The van der Waals surface area contributed by atoms with Crippen LogP contribution < -0.4 is 5.73 Å². The average molecular weight is 157 g/mol. The standard InChI is InChI=1S/C9H21N2/c1-11(2,3)9-6-4-5-8(10)7-9/h8-9H,4-7,10H2,1-3H3/q+1. The molecule has 2 unspecified atom stereocenters. The molecule has 0 aromatic carbocycles. The van der Waals surface area contributed by atoms with Gasteiger partial charge in [-0.15, -0.1) is 0 Å². The fraction of sp³-hybridized carbons (Fsp3) is 1.00. The van der Waals surface area contributed by atoms with E-state index in [1.54, 1.807) is 0 Å². The zero-order valence-electron chi connectivity index (χ0n) is 8.01. The molecule has 0 heterocycles. The van der Waals surface area contributed by atoms with Crippen LogP contribution in [0.5, 0.6) is 0 Å². The predicted molar refractivity (Wildman–Crippen MR) is 48.3 cm³/mol. The van der Waals surface area contributed by atoms with Gasteiger partial charge in [0.2, 0.25) is 0 Å². The molecule has 1 aliphatic rings. The number of rotatable bonds is 1. The van der Waals surface area contributed by atoms with Crippen LogP contribution in [0.1, 0.15) is 25.7 Å². The molecule has 1 rings (SSSR count). The van der Waals surface area contributed by atoms with Crippen molar-refractivity contribution in [3.8, 4) is 0 Å². The summed E-state index contributed by atoms with van der Waals surface area (Å²) in [6, 6.07) is 1.25. The number of hydrogen-bond acceptors (Lipinski definition) is 1. The van der Waals surface area contributed by atoms with Gasteiger partial charge < -0.3 is 10.2 Å². The van der Waals surface area contributed by atoms with Gasteiger partial charge in [0, 0.05) is 12.5 Å². The molecule has 0 aromatic rings. The Kier molecular flexibility index (Phi) is 2.55. The van der Waals surface area contributed by atoms with Gasteiger partial charge in [-0.1, -0.05) is 0 Å². The van der Waals surface area contributed by atoms with Crippen molar-refractivity contribution in [1.29, 1.82) is 0 Å². The largest absolute Gasteiger partial charge is 0.328 e. The average Bonchev–Trinajstić information content (AvgIpc) is 1.86. The Hall–Kier alpha value is -0.0800. The molecule has 66 valence electrons. The van der Waals surface area contributed by atoms with Crippen molar-refractivity contribution < 1.29 is 4.48 Å². The molecular weight excluding hydrogens is 136 g/mol. The third-order valence-corrected chi connectivity index (χ3v) is 2.78. The normalized spacial score (nSPS) is 33.8. The second kappa shape index (κ2) is 3.11. The Morgan fingerprint density at radius 2 is 1.82 bits per heavy atom. The van der Waals surface area contributed by atoms with Crippen molar-refractivity contribution in [2.24, 2.45) is 5.73 Å². The minimum atomic E-state index is 0.464. The Morgan fingerprint density at radius 3 is 2.18 bits per heavy atom.